The third-order valence-electron chi connectivity index (χ3n) is 2.07. The van der Waals surface area contributed by atoms with E-state index in [4.69, 9.17) is 4.74 Å². The number of alkyl halides is 3. The maximum atomic E-state index is 11.8. The number of carbonyl (C=O) groups excluding carboxylic acids is 1. The predicted molar refractivity (Wildman–Crippen MR) is 61.2 cm³/mol. The summed E-state index contributed by atoms with van der Waals surface area (Å²) in [4.78, 5) is 11.3. The summed E-state index contributed by atoms with van der Waals surface area (Å²) in [6, 6.07) is 8.13. The lowest BCUT2D eigenvalue weighted by Crippen LogP contribution is -2.37. The summed E-state index contributed by atoms with van der Waals surface area (Å²) in [7, 11) is 0. The molecule has 1 rings (SSSR count). The van der Waals surface area contributed by atoms with E-state index in [1.165, 1.54) is 6.92 Å². The van der Waals surface area contributed by atoms with Crippen molar-refractivity contribution >= 4 is 6.09 Å². The first-order valence-corrected chi connectivity index (χ1v) is 5.55. The predicted octanol–water partition coefficient (Wildman–Crippen LogP) is 2.84. The molecule has 0 spiro atoms. The van der Waals surface area contributed by atoms with Gasteiger partial charge in [0.1, 0.15) is 6.61 Å². The van der Waals surface area contributed by atoms with Crippen molar-refractivity contribution in [3.8, 4) is 0 Å². The minimum Gasteiger partial charge on any atom is -0.445 e. The minimum atomic E-state index is -4.70. The topological polar surface area (TPSA) is 47.6 Å². The van der Waals surface area contributed by atoms with Gasteiger partial charge in [0.15, 0.2) is 0 Å². The Balaban J connectivity index is 2.24. The number of ether oxygens (including phenoxy) is 2. The number of carbonyl (C=O) groups is 1. The molecule has 19 heavy (non-hydrogen) atoms. The molecule has 0 fully saturated rings. The van der Waals surface area contributed by atoms with Crippen LogP contribution in [0, 0.1) is 0 Å². The number of rotatable bonds is 5. The zero-order valence-electron chi connectivity index (χ0n) is 10.2. The number of halogens is 3. The third-order valence-corrected chi connectivity index (χ3v) is 2.07. The molecule has 1 aromatic carbocycles. The molecule has 7 heteroatoms. The van der Waals surface area contributed by atoms with E-state index in [9.17, 15) is 18.0 Å². The highest BCUT2D eigenvalue weighted by atomic mass is 19.4. The number of nitrogens with one attached hydrogen (secondary N) is 1. The number of hydrogen-bond donors (Lipinski definition) is 1. The molecule has 106 valence electrons. The lowest BCUT2D eigenvalue weighted by molar-refractivity contribution is -0.325. The molecule has 0 saturated heterocycles. The molecule has 0 heterocycles. The van der Waals surface area contributed by atoms with E-state index in [2.05, 4.69) is 10.1 Å². The van der Waals surface area contributed by atoms with Gasteiger partial charge in [0.2, 0.25) is 0 Å². The SMILES string of the molecule is CC(COC(F)(F)F)NC(=O)OCc1ccccc1. The van der Waals surface area contributed by atoms with Gasteiger partial charge in [-0.2, -0.15) is 0 Å². The molecule has 0 saturated carbocycles. The van der Waals surface area contributed by atoms with Gasteiger partial charge in [-0.15, -0.1) is 13.2 Å². The van der Waals surface area contributed by atoms with E-state index in [1.807, 2.05) is 6.07 Å². The van der Waals surface area contributed by atoms with Gasteiger partial charge in [-0.3, -0.25) is 4.74 Å². The zero-order chi connectivity index (χ0) is 14.3. The van der Waals surface area contributed by atoms with Gasteiger partial charge in [0.05, 0.1) is 12.6 Å². The smallest absolute Gasteiger partial charge is 0.445 e. The maximum absolute atomic E-state index is 11.8. The first kappa shape index (κ1) is 15.3. The molecule has 0 aliphatic rings. The molecular formula is C12H14F3NO3. The standard InChI is InChI=1S/C12H14F3NO3/c1-9(7-19-12(13,14)15)16-11(17)18-8-10-5-3-2-4-6-10/h2-6,9H,7-8H2,1H3,(H,16,17). The fourth-order valence-corrected chi connectivity index (χ4v) is 1.23. The Morgan fingerprint density at radius 2 is 1.95 bits per heavy atom. The fourth-order valence-electron chi connectivity index (χ4n) is 1.23. The van der Waals surface area contributed by atoms with E-state index in [0.29, 0.717) is 0 Å². The zero-order valence-corrected chi connectivity index (χ0v) is 10.2. The first-order valence-electron chi connectivity index (χ1n) is 5.55. The number of amides is 1. The Bertz CT molecular complexity index is 395. The molecule has 0 aliphatic heterocycles. The first-order chi connectivity index (χ1) is 8.87. The Morgan fingerprint density at radius 3 is 2.53 bits per heavy atom. The molecule has 0 aliphatic carbocycles. The molecule has 1 aromatic rings. The molecule has 1 atom stereocenters. The quantitative estimate of drug-likeness (QED) is 0.900. The van der Waals surface area contributed by atoms with Crippen LogP contribution in [0.4, 0.5) is 18.0 Å². The summed E-state index contributed by atoms with van der Waals surface area (Å²) in [6.07, 6.45) is -5.49. The molecule has 1 N–H and O–H groups in total. The number of hydrogen-bond acceptors (Lipinski definition) is 3. The number of benzene rings is 1. The monoisotopic (exact) mass is 277 g/mol. The highest BCUT2D eigenvalue weighted by molar-refractivity contribution is 5.67. The summed E-state index contributed by atoms with van der Waals surface area (Å²) in [5.41, 5.74) is 0.789. The average Bonchev–Trinajstić information content (AvgIpc) is 2.34. The van der Waals surface area contributed by atoms with Crippen LogP contribution in [0.2, 0.25) is 0 Å². The molecule has 4 nitrogen and oxygen atoms in total. The highest BCUT2D eigenvalue weighted by Crippen LogP contribution is 2.16. The van der Waals surface area contributed by atoms with E-state index >= 15 is 0 Å². The fraction of sp³-hybridized carbons (Fsp3) is 0.417. The Hall–Kier alpha value is -1.76. The normalized spacial score (nSPS) is 12.8. The lowest BCUT2D eigenvalue weighted by Gasteiger charge is -2.15. The Labute approximate surface area is 108 Å². The largest absolute Gasteiger partial charge is 0.522 e. The van der Waals surface area contributed by atoms with Gasteiger partial charge in [0, 0.05) is 0 Å². The second kappa shape index (κ2) is 6.98. The number of alkyl carbamates (subject to hydrolysis) is 1. The average molecular weight is 277 g/mol. The molecular weight excluding hydrogens is 263 g/mol. The lowest BCUT2D eigenvalue weighted by atomic mass is 10.2. The van der Waals surface area contributed by atoms with Crippen LogP contribution >= 0.6 is 0 Å². The van der Waals surface area contributed by atoms with Crippen molar-refractivity contribution < 1.29 is 27.4 Å². The van der Waals surface area contributed by atoms with Gasteiger partial charge in [0.25, 0.3) is 0 Å². The van der Waals surface area contributed by atoms with Gasteiger partial charge in [-0.25, -0.2) is 4.79 Å². The summed E-state index contributed by atoms with van der Waals surface area (Å²) in [5.74, 6) is 0. The third kappa shape index (κ3) is 7.30. The van der Waals surface area contributed by atoms with Crippen LogP contribution < -0.4 is 5.32 Å². The second-order valence-corrected chi connectivity index (χ2v) is 3.86. The molecule has 1 unspecified atom stereocenters. The molecule has 0 aromatic heterocycles. The van der Waals surface area contributed by atoms with Gasteiger partial charge < -0.3 is 10.1 Å². The van der Waals surface area contributed by atoms with Crippen LogP contribution in [0.5, 0.6) is 0 Å². The van der Waals surface area contributed by atoms with Crippen molar-refractivity contribution in [3.63, 3.8) is 0 Å². The van der Waals surface area contributed by atoms with Gasteiger partial charge >= 0.3 is 12.5 Å². The van der Waals surface area contributed by atoms with E-state index in [0.717, 1.165) is 5.56 Å². The van der Waals surface area contributed by atoms with E-state index < -0.39 is 25.1 Å². The van der Waals surface area contributed by atoms with Crippen molar-refractivity contribution in [2.75, 3.05) is 6.61 Å². The Kier molecular flexibility index (Phi) is 5.62. The van der Waals surface area contributed by atoms with Crippen molar-refractivity contribution in [1.29, 1.82) is 0 Å². The van der Waals surface area contributed by atoms with Crippen molar-refractivity contribution in [3.05, 3.63) is 35.9 Å². The van der Waals surface area contributed by atoms with Crippen LogP contribution in [-0.2, 0) is 16.1 Å². The Morgan fingerprint density at radius 1 is 1.32 bits per heavy atom. The molecule has 0 bridgehead atoms. The molecule has 1 amide bonds. The van der Waals surface area contributed by atoms with E-state index in [-0.39, 0.29) is 6.61 Å². The maximum Gasteiger partial charge on any atom is 0.522 e. The van der Waals surface area contributed by atoms with Gasteiger partial charge in [-0.05, 0) is 12.5 Å². The van der Waals surface area contributed by atoms with Crippen molar-refractivity contribution in [1.82, 2.24) is 5.32 Å². The second-order valence-electron chi connectivity index (χ2n) is 3.86. The van der Waals surface area contributed by atoms with Crippen LogP contribution in [0.3, 0.4) is 0 Å². The van der Waals surface area contributed by atoms with Gasteiger partial charge in [-0.1, -0.05) is 30.3 Å². The van der Waals surface area contributed by atoms with Crippen LogP contribution in [0.1, 0.15) is 12.5 Å². The van der Waals surface area contributed by atoms with E-state index in [1.54, 1.807) is 24.3 Å². The summed E-state index contributed by atoms with van der Waals surface area (Å²) >= 11 is 0. The summed E-state index contributed by atoms with van der Waals surface area (Å²) in [5, 5.41) is 2.24. The van der Waals surface area contributed by atoms with Crippen LogP contribution in [0.25, 0.3) is 0 Å². The van der Waals surface area contributed by atoms with Crippen molar-refractivity contribution in [2.24, 2.45) is 0 Å². The van der Waals surface area contributed by atoms with Crippen molar-refractivity contribution in [2.45, 2.75) is 25.9 Å². The highest BCUT2D eigenvalue weighted by Gasteiger charge is 2.29. The molecule has 0 radical (unpaired) electrons. The van der Waals surface area contributed by atoms with Crippen LogP contribution in [-0.4, -0.2) is 25.1 Å². The minimum absolute atomic E-state index is 0.0551. The van der Waals surface area contributed by atoms with Crippen LogP contribution in [0.15, 0.2) is 30.3 Å². The summed E-state index contributed by atoms with van der Waals surface area (Å²) < 4.78 is 43.7. The summed E-state index contributed by atoms with van der Waals surface area (Å²) in [6.45, 7) is 0.777.